The van der Waals surface area contributed by atoms with Crippen LogP contribution in [0, 0.1) is 16.7 Å². The van der Waals surface area contributed by atoms with E-state index in [-0.39, 0.29) is 17.6 Å². The molecule has 2 heterocycles. The second kappa shape index (κ2) is 10.1. The lowest BCUT2D eigenvalue weighted by atomic mass is 9.90. The van der Waals surface area contributed by atoms with E-state index in [2.05, 4.69) is 22.0 Å². The van der Waals surface area contributed by atoms with Crippen molar-refractivity contribution in [2.75, 3.05) is 18.5 Å². The van der Waals surface area contributed by atoms with Gasteiger partial charge in [0.05, 0.1) is 30.0 Å². The fourth-order valence-corrected chi connectivity index (χ4v) is 4.65. The van der Waals surface area contributed by atoms with Gasteiger partial charge in [0, 0.05) is 36.0 Å². The molecule has 0 spiro atoms. The van der Waals surface area contributed by atoms with Gasteiger partial charge in [-0.3, -0.25) is 5.32 Å². The summed E-state index contributed by atoms with van der Waals surface area (Å²) in [5.41, 5.74) is 4.06. The maximum Gasteiger partial charge on any atom is 0.411 e. The highest BCUT2D eigenvalue weighted by molar-refractivity contribution is 5.96. The number of carbonyl (C=O) groups is 1. The normalized spacial score (nSPS) is 17.3. The zero-order valence-electron chi connectivity index (χ0n) is 22.0. The minimum atomic E-state index is -0.475. The Morgan fingerprint density at radius 1 is 1.11 bits per heavy atom. The topological polar surface area (TPSA) is 85.5 Å². The van der Waals surface area contributed by atoms with Crippen molar-refractivity contribution >= 4 is 22.7 Å². The van der Waals surface area contributed by atoms with E-state index < -0.39 is 6.09 Å². The summed E-state index contributed by atoms with van der Waals surface area (Å²) >= 11 is 0. The molecule has 3 aromatic rings. The molecule has 1 saturated carbocycles. The number of rotatable bonds is 6. The van der Waals surface area contributed by atoms with Gasteiger partial charge < -0.3 is 18.8 Å². The van der Waals surface area contributed by atoms with Gasteiger partial charge in [0.1, 0.15) is 24.0 Å². The van der Waals surface area contributed by atoms with Gasteiger partial charge in [0.25, 0.3) is 0 Å². The molecule has 2 aliphatic rings. The minimum Gasteiger partial charge on any atom is -0.490 e. The highest BCUT2D eigenvalue weighted by Gasteiger charge is 2.31. The van der Waals surface area contributed by atoms with Crippen molar-refractivity contribution in [1.82, 2.24) is 4.57 Å². The van der Waals surface area contributed by atoms with Gasteiger partial charge in [-0.25, -0.2) is 4.79 Å². The van der Waals surface area contributed by atoms with Gasteiger partial charge in [-0.05, 0) is 55.0 Å². The average molecular weight is 502 g/mol. The lowest BCUT2D eigenvalue weighted by Crippen LogP contribution is -2.30. The summed E-state index contributed by atoms with van der Waals surface area (Å²) in [6.07, 6.45) is 3.41. The maximum absolute atomic E-state index is 12.4. The van der Waals surface area contributed by atoms with Crippen molar-refractivity contribution in [3.05, 3.63) is 48.0 Å². The number of anilines is 1. The van der Waals surface area contributed by atoms with Crippen LogP contribution in [0.4, 0.5) is 10.5 Å². The molecule has 1 atom stereocenters. The number of hydrogen-bond acceptors (Lipinski definition) is 5. The molecule has 1 amide bonds. The average Bonchev–Trinajstić information content (AvgIpc) is 3.65. The summed E-state index contributed by atoms with van der Waals surface area (Å²) in [5, 5.41) is 13.9. The molecule has 7 nitrogen and oxygen atoms in total. The van der Waals surface area contributed by atoms with Crippen LogP contribution in [0.3, 0.4) is 0 Å². The van der Waals surface area contributed by atoms with E-state index in [4.69, 9.17) is 14.2 Å². The largest absolute Gasteiger partial charge is 0.490 e. The van der Waals surface area contributed by atoms with E-state index in [1.54, 1.807) is 0 Å². The van der Waals surface area contributed by atoms with E-state index in [0.29, 0.717) is 17.3 Å². The molecule has 2 aromatic carbocycles. The molecule has 1 saturated heterocycles. The van der Waals surface area contributed by atoms with E-state index >= 15 is 0 Å². The van der Waals surface area contributed by atoms with Crippen LogP contribution in [0.25, 0.3) is 22.2 Å². The van der Waals surface area contributed by atoms with Gasteiger partial charge in [-0.15, -0.1) is 0 Å². The van der Waals surface area contributed by atoms with Crippen LogP contribution in [0.1, 0.15) is 65.0 Å². The molecular weight excluding hydrogens is 466 g/mol. The first kappa shape index (κ1) is 25.2. The number of carbonyl (C=O) groups excluding carboxylic acids is 1. The summed E-state index contributed by atoms with van der Waals surface area (Å²) < 4.78 is 19.6. The van der Waals surface area contributed by atoms with Gasteiger partial charge in [-0.1, -0.05) is 32.9 Å². The van der Waals surface area contributed by atoms with Crippen LogP contribution >= 0.6 is 0 Å². The van der Waals surface area contributed by atoms with E-state index in [1.807, 2.05) is 64.1 Å². The SMILES string of the molecule is CC(OC(=O)Nc1ccc(-c2c(C#N)c3ccc(OC4CCOCC4)cc3n2C2CC2)cc1)C(C)(C)C. The van der Waals surface area contributed by atoms with Crippen molar-refractivity contribution in [1.29, 1.82) is 5.26 Å². The third-order valence-corrected chi connectivity index (χ3v) is 7.38. The molecule has 1 aliphatic carbocycles. The number of nitriles is 1. The Bertz CT molecular complexity index is 1320. The van der Waals surface area contributed by atoms with Crippen LogP contribution in [0.15, 0.2) is 42.5 Å². The first-order valence-electron chi connectivity index (χ1n) is 13.1. The number of amides is 1. The molecule has 7 heteroatoms. The highest BCUT2D eigenvalue weighted by atomic mass is 16.6. The maximum atomic E-state index is 12.4. The fourth-order valence-electron chi connectivity index (χ4n) is 4.65. The first-order chi connectivity index (χ1) is 17.7. The second-order valence-corrected chi connectivity index (χ2v) is 11.2. The summed E-state index contributed by atoms with van der Waals surface area (Å²) in [6.45, 7) is 9.45. The monoisotopic (exact) mass is 501 g/mol. The number of nitrogens with zero attached hydrogens (tertiary/aromatic N) is 2. The summed E-state index contributed by atoms with van der Waals surface area (Å²) in [5.74, 6) is 0.831. The summed E-state index contributed by atoms with van der Waals surface area (Å²) in [6, 6.07) is 16.5. The molecule has 0 radical (unpaired) electrons. The van der Waals surface area contributed by atoms with Gasteiger partial charge in [-0.2, -0.15) is 5.26 Å². The lowest BCUT2D eigenvalue weighted by molar-refractivity contribution is 0.0256. The van der Waals surface area contributed by atoms with Crippen LogP contribution in [0.2, 0.25) is 0 Å². The van der Waals surface area contributed by atoms with Crippen molar-refractivity contribution in [2.24, 2.45) is 5.41 Å². The quantitative estimate of drug-likeness (QED) is 0.391. The van der Waals surface area contributed by atoms with E-state index in [9.17, 15) is 10.1 Å². The number of fused-ring (bicyclic) bond motifs is 1. The molecule has 0 bridgehead atoms. The number of benzene rings is 2. The molecule has 2 fully saturated rings. The first-order valence-corrected chi connectivity index (χ1v) is 13.1. The lowest BCUT2D eigenvalue weighted by Gasteiger charge is -2.26. The van der Waals surface area contributed by atoms with Gasteiger partial charge in [0.15, 0.2) is 0 Å². The van der Waals surface area contributed by atoms with Crippen molar-refractivity contribution in [3.63, 3.8) is 0 Å². The highest BCUT2D eigenvalue weighted by Crippen LogP contribution is 2.45. The molecule has 1 aromatic heterocycles. The third-order valence-electron chi connectivity index (χ3n) is 7.38. The zero-order chi connectivity index (χ0) is 26.2. The van der Waals surface area contributed by atoms with Gasteiger partial charge >= 0.3 is 6.09 Å². The zero-order valence-corrected chi connectivity index (χ0v) is 22.0. The molecule has 1 N–H and O–H groups in total. The Morgan fingerprint density at radius 2 is 1.81 bits per heavy atom. The molecule has 5 rings (SSSR count). The number of hydrogen-bond donors (Lipinski definition) is 1. The molecule has 1 aliphatic heterocycles. The van der Waals surface area contributed by atoms with Gasteiger partial charge in [0.2, 0.25) is 0 Å². The predicted octanol–water partition coefficient (Wildman–Crippen LogP) is 7.06. The van der Waals surface area contributed by atoms with Crippen molar-refractivity contribution in [3.8, 4) is 23.1 Å². The van der Waals surface area contributed by atoms with Crippen LogP contribution in [-0.4, -0.2) is 36.1 Å². The Balaban J connectivity index is 1.43. The smallest absolute Gasteiger partial charge is 0.411 e. The summed E-state index contributed by atoms with van der Waals surface area (Å²) in [7, 11) is 0. The Morgan fingerprint density at radius 3 is 2.43 bits per heavy atom. The van der Waals surface area contributed by atoms with Crippen LogP contribution < -0.4 is 10.1 Å². The number of ether oxygens (including phenoxy) is 3. The van der Waals surface area contributed by atoms with Crippen LogP contribution in [0.5, 0.6) is 5.75 Å². The fraction of sp³-hybridized carbons (Fsp3) is 0.467. The third kappa shape index (κ3) is 5.45. The second-order valence-electron chi connectivity index (χ2n) is 11.2. The predicted molar refractivity (Wildman–Crippen MR) is 144 cm³/mol. The standard InChI is InChI=1S/C30H35N3O4/c1-19(30(2,3)4)36-29(34)32-21-7-5-20(6-8-21)28-26(18-31)25-12-11-24(37-23-13-15-35-16-14-23)17-27(25)33(28)22-9-10-22/h5-8,11-12,17,19,22-23H,9-10,13-16H2,1-4H3,(H,32,34). The van der Waals surface area contributed by atoms with E-state index in [1.165, 1.54) is 0 Å². The Kier molecular flexibility index (Phi) is 6.87. The molecular formula is C30H35N3O4. The van der Waals surface area contributed by atoms with E-state index in [0.717, 1.165) is 66.8 Å². The Hall–Kier alpha value is -3.50. The molecule has 194 valence electrons. The number of aromatic nitrogens is 1. The molecule has 1 unspecified atom stereocenters. The minimum absolute atomic E-state index is 0.138. The molecule has 37 heavy (non-hydrogen) atoms. The van der Waals surface area contributed by atoms with Crippen LogP contribution in [-0.2, 0) is 9.47 Å². The number of nitrogens with one attached hydrogen (secondary N) is 1. The van der Waals surface area contributed by atoms with Crippen molar-refractivity contribution < 1.29 is 19.0 Å². The summed E-state index contributed by atoms with van der Waals surface area (Å²) in [4.78, 5) is 12.4. The van der Waals surface area contributed by atoms with Crippen molar-refractivity contribution in [2.45, 2.75) is 71.6 Å². The Labute approximate surface area is 218 Å².